The summed E-state index contributed by atoms with van der Waals surface area (Å²) in [6.07, 6.45) is 1.54. The second kappa shape index (κ2) is 25.8. The Bertz CT molecular complexity index is 3030. The number of likely N-dealkylation sites (N-methyl/N-ethyl adjacent to an activating group) is 2. The summed E-state index contributed by atoms with van der Waals surface area (Å²) in [6.45, 7) is 1.80. The first-order chi connectivity index (χ1) is 39.4. The third kappa shape index (κ3) is 12.8. The smallest absolute Gasteiger partial charge is 0.247 e. The lowest BCUT2D eigenvalue weighted by Crippen LogP contribution is -2.62. The zero-order chi connectivity index (χ0) is 58.3. The van der Waals surface area contributed by atoms with Crippen LogP contribution in [-0.2, 0) is 48.8 Å². The van der Waals surface area contributed by atoms with Gasteiger partial charge < -0.3 is 41.7 Å². The number of hydrogen-bond donors (Lipinski definition) is 6. The molecule has 0 radical (unpaired) electrons. The van der Waals surface area contributed by atoms with Crippen molar-refractivity contribution in [1.82, 2.24) is 50.3 Å². The largest absolute Gasteiger partial charge is 0.343 e. The summed E-state index contributed by atoms with van der Waals surface area (Å²) < 4.78 is 62.2. The van der Waals surface area contributed by atoms with Crippen molar-refractivity contribution in [3.8, 4) is 0 Å². The van der Waals surface area contributed by atoms with Gasteiger partial charge in [0, 0.05) is 38.3 Å². The van der Waals surface area contributed by atoms with Gasteiger partial charge in [0.1, 0.15) is 24.2 Å². The number of hydrogen-bond acceptors (Lipinski definition) is 12. The molecule has 4 saturated heterocycles. The highest BCUT2D eigenvalue weighted by atomic mass is 32.2. The Morgan fingerprint density at radius 3 is 1.11 bits per heavy atom. The van der Waals surface area contributed by atoms with Crippen LogP contribution < -0.4 is 31.9 Å². The molecule has 0 spiro atoms. The van der Waals surface area contributed by atoms with E-state index in [9.17, 15) is 28.8 Å². The summed E-state index contributed by atoms with van der Waals surface area (Å²) in [5, 5.41) is 17.5. The molecule has 0 bridgehead atoms. The monoisotopic (exact) mass is 1160 g/mol. The van der Waals surface area contributed by atoms with Crippen LogP contribution in [0.4, 0.5) is 0 Å². The first-order valence-corrected chi connectivity index (χ1v) is 30.8. The number of carbonyl (C=O) groups is 6. The maximum atomic E-state index is 15.0. The summed E-state index contributed by atoms with van der Waals surface area (Å²) in [5.41, 5.74) is 3.33. The molecule has 0 saturated carbocycles. The first-order valence-electron chi connectivity index (χ1n) is 27.9. The van der Waals surface area contributed by atoms with E-state index >= 15 is 16.8 Å². The van der Waals surface area contributed by atoms with Gasteiger partial charge in [0.15, 0.2) is 0 Å². The molecule has 4 fully saturated rings. The Labute approximate surface area is 479 Å². The van der Waals surface area contributed by atoms with Crippen LogP contribution in [0, 0.1) is 0 Å². The van der Waals surface area contributed by atoms with Gasteiger partial charge in [-0.05, 0) is 107 Å². The molecule has 8 atom stereocenters. The zero-order valence-electron chi connectivity index (χ0n) is 46.4. The maximum absolute atomic E-state index is 15.0. The molecule has 2 unspecified atom stereocenters. The first kappa shape index (κ1) is 59.3. The van der Waals surface area contributed by atoms with Crippen molar-refractivity contribution in [3.05, 3.63) is 168 Å². The van der Waals surface area contributed by atoms with Gasteiger partial charge in [-0.15, -0.1) is 0 Å². The zero-order valence-corrected chi connectivity index (χ0v) is 48.0. The summed E-state index contributed by atoms with van der Waals surface area (Å²) in [6, 6.07) is 34.0. The number of fused-ring (bicyclic) bond motifs is 2. The van der Waals surface area contributed by atoms with Gasteiger partial charge in [-0.1, -0.05) is 127 Å². The van der Waals surface area contributed by atoms with Gasteiger partial charge in [0.05, 0.1) is 34.0 Å². The minimum absolute atomic E-state index is 0.129. The quantitative estimate of drug-likeness (QED) is 0.0740. The predicted molar refractivity (Wildman–Crippen MR) is 307 cm³/mol. The van der Waals surface area contributed by atoms with Crippen LogP contribution >= 0.6 is 0 Å². The molecule has 20 nitrogen and oxygen atoms in total. The average molecular weight is 1160 g/mol. The van der Waals surface area contributed by atoms with Gasteiger partial charge in [0.25, 0.3) is 0 Å². The van der Waals surface area contributed by atoms with Gasteiger partial charge in [-0.25, -0.2) is 16.8 Å². The molecule has 22 heteroatoms. The lowest BCUT2D eigenvalue weighted by atomic mass is 9.98. The summed E-state index contributed by atoms with van der Waals surface area (Å²) in [5.74, 6) is -3.25. The van der Waals surface area contributed by atoms with Gasteiger partial charge in [0.2, 0.25) is 55.5 Å². The minimum atomic E-state index is -4.63. The van der Waals surface area contributed by atoms with Crippen molar-refractivity contribution in [1.29, 1.82) is 0 Å². The molecule has 6 N–H and O–H groups in total. The molecule has 9 rings (SSSR count). The number of benzene rings is 5. The van der Waals surface area contributed by atoms with E-state index in [1.165, 1.54) is 28.0 Å². The minimum Gasteiger partial charge on any atom is -0.343 e. The van der Waals surface area contributed by atoms with E-state index < -0.39 is 139 Å². The average Bonchev–Trinajstić information content (AvgIpc) is 4.28. The number of rotatable bonds is 18. The van der Waals surface area contributed by atoms with Crippen molar-refractivity contribution in [3.63, 3.8) is 0 Å². The Morgan fingerprint density at radius 1 is 0.463 bits per heavy atom. The highest BCUT2D eigenvalue weighted by molar-refractivity contribution is 7.90. The number of carbonyl (C=O) groups excluding carboxylic acids is 6. The van der Waals surface area contributed by atoms with E-state index in [4.69, 9.17) is 0 Å². The van der Waals surface area contributed by atoms with Crippen LogP contribution in [0.3, 0.4) is 0 Å². The Hall–Kier alpha value is -7.34. The molecule has 5 aromatic rings. The number of nitrogens with one attached hydrogen (secondary N) is 6. The SMILES string of the molecule is CN[C@@H](C)C(=O)N[C@H]1CN(S(=O)(=O)c2cccc(S(=O)(=O)N3CCC4CC[C@@H](C(=O)NC(c5ccccc5)c5ccccc5)N4C(=O)[C@@H](NC(=O)[C@H](C)NC)C3)c2)CC[C@H]2CCC(C(=O)NC(c3ccccc3)c3ccccc3)N2C1=O. The molecule has 4 aliphatic rings. The summed E-state index contributed by atoms with van der Waals surface area (Å²) >= 11 is 0. The van der Waals surface area contributed by atoms with Crippen LogP contribution in [0.2, 0.25) is 0 Å². The highest BCUT2D eigenvalue weighted by Gasteiger charge is 2.49. The van der Waals surface area contributed by atoms with Crippen LogP contribution in [0.5, 0.6) is 0 Å². The fourth-order valence-corrected chi connectivity index (χ4v) is 14.7. The molecular weight excluding hydrogens is 1080 g/mol. The van der Waals surface area contributed by atoms with Crippen LogP contribution in [0.15, 0.2) is 155 Å². The standard InChI is InChI=1S/C60H72N10O10S2/c1-39(61-3)55(71)63-49-37-67(34-32-45-28-30-51(69(45)59(49)75)57(73)65-53(41-18-9-5-10-19-41)42-20-11-6-12-21-42)81(77,78)47-26-17-27-48(36-47)82(79,80)68-35-33-46-29-31-52(70(46)60(76)50(38-68)64-56(72)40(2)62-4)58(74)66-54(43-22-13-7-14-23-43)44-24-15-8-16-25-44/h5-27,36,39-40,45-46,49-54,61-62H,28-35,37-38H2,1-4H3,(H,63,71)(H,64,72)(H,65,73)(H,66,74)/t39-,40-,45+,46?,49-,50-,51?,52-/m0/s1. The van der Waals surface area contributed by atoms with E-state index in [0.717, 1.165) is 36.9 Å². The number of sulfonamides is 2. The molecule has 6 amide bonds. The molecule has 0 aromatic heterocycles. The third-order valence-corrected chi connectivity index (χ3v) is 20.1. The van der Waals surface area contributed by atoms with Crippen molar-refractivity contribution in [2.24, 2.45) is 0 Å². The van der Waals surface area contributed by atoms with Crippen molar-refractivity contribution >= 4 is 55.5 Å². The van der Waals surface area contributed by atoms with Crippen molar-refractivity contribution < 1.29 is 45.6 Å². The predicted octanol–water partition coefficient (Wildman–Crippen LogP) is 3.19. The van der Waals surface area contributed by atoms with E-state index in [1.54, 1.807) is 27.9 Å². The third-order valence-electron chi connectivity index (χ3n) is 16.4. The van der Waals surface area contributed by atoms with Crippen molar-refractivity contribution in [2.45, 2.75) is 123 Å². The summed E-state index contributed by atoms with van der Waals surface area (Å²) in [7, 11) is -6.13. The van der Waals surface area contributed by atoms with E-state index in [2.05, 4.69) is 31.9 Å². The summed E-state index contributed by atoms with van der Waals surface area (Å²) in [4.78, 5) is 88.2. The van der Waals surface area contributed by atoms with E-state index in [-0.39, 0.29) is 38.8 Å². The lowest BCUT2D eigenvalue weighted by molar-refractivity contribution is -0.144. The second-order valence-electron chi connectivity index (χ2n) is 21.4. The lowest BCUT2D eigenvalue weighted by Gasteiger charge is -2.39. The molecular formula is C60H72N10O10S2. The Balaban J connectivity index is 0.962. The van der Waals surface area contributed by atoms with Crippen LogP contribution in [-0.4, -0.2) is 159 Å². The van der Waals surface area contributed by atoms with Gasteiger partial charge in [-0.2, -0.15) is 8.61 Å². The van der Waals surface area contributed by atoms with E-state index in [0.29, 0.717) is 12.8 Å². The molecule has 4 aliphatic heterocycles. The van der Waals surface area contributed by atoms with Crippen LogP contribution in [0.25, 0.3) is 0 Å². The Morgan fingerprint density at radius 2 is 0.793 bits per heavy atom. The fourth-order valence-electron chi connectivity index (χ4n) is 11.6. The van der Waals surface area contributed by atoms with Gasteiger partial charge >= 0.3 is 0 Å². The number of nitrogens with zero attached hydrogens (tertiary/aromatic N) is 4. The molecule has 82 heavy (non-hydrogen) atoms. The fraction of sp³-hybridized carbons (Fsp3) is 0.400. The molecule has 5 aromatic carbocycles. The second-order valence-corrected chi connectivity index (χ2v) is 25.3. The van der Waals surface area contributed by atoms with Gasteiger partial charge in [-0.3, -0.25) is 28.8 Å². The molecule has 4 heterocycles. The van der Waals surface area contributed by atoms with Crippen LogP contribution in [0.1, 0.15) is 86.7 Å². The molecule has 434 valence electrons. The number of amides is 6. The molecule has 0 aliphatic carbocycles. The normalized spacial score (nSPS) is 22.7. The maximum Gasteiger partial charge on any atom is 0.247 e. The highest BCUT2D eigenvalue weighted by Crippen LogP contribution is 2.35. The van der Waals surface area contributed by atoms with E-state index in [1.807, 2.05) is 121 Å². The topological polar surface area (TPSA) is 256 Å². The van der Waals surface area contributed by atoms with Crippen molar-refractivity contribution in [2.75, 3.05) is 40.3 Å². The Kier molecular flexibility index (Phi) is 18.7.